The van der Waals surface area contributed by atoms with E-state index >= 15 is 0 Å². The van der Waals surface area contributed by atoms with E-state index in [1.165, 1.54) is 25.8 Å². The molecule has 3 N–H and O–H groups in total. The number of fused-ring (bicyclic) bond motifs is 1. The summed E-state index contributed by atoms with van der Waals surface area (Å²) in [5, 5.41) is 3.54. The van der Waals surface area contributed by atoms with Gasteiger partial charge in [0.1, 0.15) is 11.8 Å². The molecule has 0 radical (unpaired) electrons. The molecule has 3 heterocycles. The molecule has 0 amide bonds. The van der Waals surface area contributed by atoms with Crippen molar-refractivity contribution in [1.29, 1.82) is 0 Å². The number of halogens is 2. The number of rotatable bonds is 5. The van der Waals surface area contributed by atoms with Crippen LogP contribution < -0.4 is 11.1 Å². The largest absolute Gasteiger partial charge is 0.465 e. The van der Waals surface area contributed by atoms with Gasteiger partial charge in [0, 0.05) is 25.2 Å². The maximum Gasteiger partial charge on any atom is 0.281 e. The molecule has 0 saturated carbocycles. The third kappa shape index (κ3) is 4.12. The van der Waals surface area contributed by atoms with Crippen molar-refractivity contribution in [1.82, 2.24) is 19.9 Å². The number of hydrogen-bond donors (Lipinski definition) is 2. The fourth-order valence-electron chi connectivity index (χ4n) is 2.22. The molecule has 26 heavy (non-hydrogen) atoms. The SMILES string of the molecule is CN=C(N)OCCc1cc(Nc2ncnc3cc(Cl)cnc23)cnc1F. The lowest BCUT2D eigenvalue weighted by Gasteiger charge is -2.10. The van der Waals surface area contributed by atoms with Crippen molar-refractivity contribution in [3.63, 3.8) is 0 Å². The lowest BCUT2D eigenvalue weighted by Crippen LogP contribution is -2.17. The van der Waals surface area contributed by atoms with Crippen LogP contribution in [0.15, 0.2) is 35.8 Å². The molecule has 0 aliphatic carbocycles. The van der Waals surface area contributed by atoms with E-state index in [1.807, 2.05) is 0 Å². The molecular weight excluding hydrogens is 361 g/mol. The van der Waals surface area contributed by atoms with E-state index in [0.29, 0.717) is 33.1 Å². The summed E-state index contributed by atoms with van der Waals surface area (Å²) in [6.07, 6.45) is 4.54. The van der Waals surface area contributed by atoms with Crippen molar-refractivity contribution in [3.05, 3.63) is 47.4 Å². The van der Waals surface area contributed by atoms with Gasteiger partial charge in [-0.2, -0.15) is 4.39 Å². The smallest absolute Gasteiger partial charge is 0.281 e. The highest BCUT2D eigenvalue weighted by Gasteiger charge is 2.10. The van der Waals surface area contributed by atoms with E-state index in [2.05, 4.69) is 30.2 Å². The Morgan fingerprint density at radius 3 is 2.92 bits per heavy atom. The second kappa shape index (κ2) is 7.87. The Labute approximate surface area is 153 Å². The van der Waals surface area contributed by atoms with Gasteiger partial charge in [-0.15, -0.1) is 0 Å². The molecule has 0 aliphatic heterocycles. The van der Waals surface area contributed by atoms with Gasteiger partial charge >= 0.3 is 0 Å². The predicted molar refractivity (Wildman–Crippen MR) is 97.0 cm³/mol. The van der Waals surface area contributed by atoms with Crippen molar-refractivity contribution in [2.75, 3.05) is 19.0 Å². The van der Waals surface area contributed by atoms with Crippen LogP contribution in [0, 0.1) is 5.95 Å². The van der Waals surface area contributed by atoms with Gasteiger partial charge in [-0.1, -0.05) is 11.6 Å². The van der Waals surface area contributed by atoms with E-state index in [4.69, 9.17) is 22.1 Å². The number of nitrogens with zero attached hydrogens (tertiary/aromatic N) is 5. The van der Waals surface area contributed by atoms with Crippen molar-refractivity contribution < 1.29 is 9.13 Å². The highest BCUT2D eigenvalue weighted by molar-refractivity contribution is 6.31. The second-order valence-electron chi connectivity index (χ2n) is 5.20. The molecule has 0 aliphatic rings. The summed E-state index contributed by atoms with van der Waals surface area (Å²) in [5.74, 6) is -0.117. The average molecular weight is 376 g/mol. The van der Waals surface area contributed by atoms with E-state index in [-0.39, 0.29) is 19.0 Å². The summed E-state index contributed by atoms with van der Waals surface area (Å²) in [4.78, 5) is 20.0. The van der Waals surface area contributed by atoms with Crippen molar-refractivity contribution in [2.45, 2.75) is 6.42 Å². The summed E-state index contributed by atoms with van der Waals surface area (Å²) in [6, 6.07) is 3.35. The Kier molecular flexibility index (Phi) is 5.37. The fourth-order valence-corrected chi connectivity index (χ4v) is 2.37. The topological polar surface area (TPSA) is 111 Å². The van der Waals surface area contributed by atoms with Crippen molar-refractivity contribution in [2.24, 2.45) is 10.7 Å². The maximum atomic E-state index is 13.9. The molecule has 0 bridgehead atoms. The Balaban J connectivity index is 1.81. The number of amidine groups is 1. The van der Waals surface area contributed by atoms with Crippen LogP contribution in [0.4, 0.5) is 15.9 Å². The van der Waals surface area contributed by atoms with Gasteiger partial charge in [0.25, 0.3) is 6.02 Å². The van der Waals surface area contributed by atoms with Crippen LogP contribution in [-0.2, 0) is 11.2 Å². The monoisotopic (exact) mass is 375 g/mol. The summed E-state index contributed by atoms with van der Waals surface area (Å²) in [5.41, 5.74) is 7.50. The first-order chi connectivity index (χ1) is 12.6. The summed E-state index contributed by atoms with van der Waals surface area (Å²) >= 11 is 5.93. The van der Waals surface area contributed by atoms with Gasteiger partial charge < -0.3 is 15.8 Å². The summed E-state index contributed by atoms with van der Waals surface area (Å²) < 4.78 is 19.1. The van der Waals surface area contributed by atoms with Crippen LogP contribution in [0.3, 0.4) is 0 Å². The van der Waals surface area contributed by atoms with Crippen LogP contribution in [0.1, 0.15) is 5.56 Å². The van der Waals surface area contributed by atoms with E-state index < -0.39 is 5.95 Å². The number of nitrogens with two attached hydrogens (primary N) is 1. The molecule has 3 rings (SSSR count). The van der Waals surface area contributed by atoms with E-state index in [0.717, 1.165) is 0 Å². The van der Waals surface area contributed by atoms with Gasteiger partial charge in [0.15, 0.2) is 5.82 Å². The van der Waals surface area contributed by atoms with Gasteiger partial charge in [0.2, 0.25) is 5.95 Å². The molecule has 0 spiro atoms. The van der Waals surface area contributed by atoms with Crippen molar-refractivity contribution in [3.8, 4) is 0 Å². The predicted octanol–water partition coefficient (Wildman–Crippen LogP) is 2.46. The Morgan fingerprint density at radius 1 is 1.27 bits per heavy atom. The minimum atomic E-state index is -0.580. The molecule has 10 heteroatoms. The highest BCUT2D eigenvalue weighted by Crippen LogP contribution is 2.23. The van der Waals surface area contributed by atoms with Crippen LogP contribution in [-0.4, -0.2) is 39.6 Å². The zero-order valence-corrected chi connectivity index (χ0v) is 14.5. The van der Waals surface area contributed by atoms with Gasteiger partial charge in [-0.05, 0) is 12.1 Å². The molecule has 134 valence electrons. The number of ether oxygens (including phenoxy) is 1. The van der Waals surface area contributed by atoms with Crippen molar-refractivity contribution >= 4 is 40.2 Å². The molecule has 3 aromatic rings. The molecule has 8 nitrogen and oxygen atoms in total. The van der Waals surface area contributed by atoms with Gasteiger partial charge in [-0.3, -0.25) is 0 Å². The first kappa shape index (κ1) is 17.7. The molecule has 0 atom stereocenters. The van der Waals surface area contributed by atoms with Crippen LogP contribution in [0.5, 0.6) is 0 Å². The molecule has 0 unspecified atom stereocenters. The van der Waals surface area contributed by atoms with Crippen LogP contribution in [0.2, 0.25) is 5.02 Å². The second-order valence-corrected chi connectivity index (χ2v) is 5.64. The zero-order valence-electron chi connectivity index (χ0n) is 13.8. The third-order valence-electron chi connectivity index (χ3n) is 3.46. The Morgan fingerprint density at radius 2 is 2.12 bits per heavy atom. The highest BCUT2D eigenvalue weighted by atomic mass is 35.5. The van der Waals surface area contributed by atoms with Gasteiger partial charge in [-0.25, -0.2) is 24.9 Å². The first-order valence-electron chi connectivity index (χ1n) is 7.59. The maximum absolute atomic E-state index is 13.9. The number of pyridine rings is 2. The normalized spacial score (nSPS) is 11.6. The number of aliphatic imine (C=N–C) groups is 1. The molecule has 0 aromatic carbocycles. The number of hydrogen-bond acceptors (Lipinski definition) is 7. The van der Waals surface area contributed by atoms with Gasteiger partial charge in [0.05, 0.1) is 29.0 Å². The standard InChI is InChI=1S/C16H15ClFN7O/c1-20-16(19)26-3-2-9-4-11(7-22-14(9)18)25-15-13-12(23-8-24-15)5-10(17)6-21-13/h4-8H,2-3H2,1H3,(H2,19,20)(H,23,24,25). The lowest BCUT2D eigenvalue weighted by atomic mass is 10.2. The number of aromatic nitrogens is 4. The van der Waals surface area contributed by atoms with Crippen LogP contribution >= 0.6 is 11.6 Å². The molecule has 3 aromatic heterocycles. The summed E-state index contributed by atoms with van der Waals surface area (Å²) in [6.45, 7) is 0.182. The minimum Gasteiger partial charge on any atom is -0.465 e. The molecule has 0 fully saturated rings. The average Bonchev–Trinajstić information content (AvgIpc) is 2.64. The van der Waals surface area contributed by atoms with E-state index in [9.17, 15) is 4.39 Å². The Bertz CT molecular complexity index is 966. The fraction of sp³-hybridized carbons (Fsp3) is 0.188. The minimum absolute atomic E-state index is 0.0461. The summed E-state index contributed by atoms with van der Waals surface area (Å²) in [7, 11) is 1.51. The molecule has 0 saturated heterocycles. The van der Waals surface area contributed by atoms with E-state index in [1.54, 1.807) is 12.1 Å². The number of nitrogens with one attached hydrogen (secondary N) is 1. The lowest BCUT2D eigenvalue weighted by molar-refractivity contribution is 0.301. The quantitative estimate of drug-likeness (QED) is 0.400. The number of anilines is 2. The molecular formula is C16H15ClFN7O. The first-order valence-corrected chi connectivity index (χ1v) is 7.97. The third-order valence-corrected chi connectivity index (χ3v) is 3.67. The Hall–Kier alpha value is -3.07. The zero-order chi connectivity index (χ0) is 18.5. The van der Waals surface area contributed by atoms with Crippen LogP contribution in [0.25, 0.3) is 11.0 Å².